The third-order valence-electron chi connectivity index (χ3n) is 4.33. The second-order valence-corrected chi connectivity index (χ2v) is 10.0. The first-order valence-corrected chi connectivity index (χ1v) is 11.2. The Hall–Kier alpha value is -2.22. The van der Waals surface area contributed by atoms with Crippen LogP contribution in [0.3, 0.4) is 0 Å². The van der Waals surface area contributed by atoms with Crippen molar-refractivity contribution < 1.29 is 13.2 Å². The summed E-state index contributed by atoms with van der Waals surface area (Å²) < 4.78 is 33.8. The van der Waals surface area contributed by atoms with Gasteiger partial charge in [0.05, 0.1) is 19.3 Å². The highest BCUT2D eigenvalue weighted by Crippen LogP contribution is 2.31. The summed E-state index contributed by atoms with van der Waals surface area (Å²) >= 11 is 1.49. The van der Waals surface area contributed by atoms with Gasteiger partial charge in [-0.2, -0.15) is 0 Å². The van der Waals surface area contributed by atoms with Crippen LogP contribution in [0, 0.1) is 0 Å². The van der Waals surface area contributed by atoms with Gasteiger partial charge in [0.1, 0.15) is 15.7 Å². The number of hydrogen-bond acceptors (Lipinski definition) is 5. The molecule has 0 unspecified atom stereocenters. The monoisotopic (exact) mass is 416 g/mol. The molecule has 0 saturated carbocycles. The minimum atomic E-state index is -3.75. The second-order valence-electron chi connectivity index (χ2n) is 7.45. The van der Waals surface area contributed by atoms with Crippen molar-refractivity contribution in [2.45, 2.75) is 37.6 Å². The van der Waals surface area contributed by atoms with Crippen molar-refractivity contribution in [2.24, 2.45) is 0 Å². The zero-order valence-electron chi connectivity index (χ0n) is 16.4. The second kappa shape index (κ2) is 8.03. The third-order valence-corrected chi connectivity index (χ3v) is 6.70. The fourth-order valence-corrected chi connectivity index (χ4v) is 4.72. The quantitative estimate of drug-likeness (QED) is 0.638. The Morgan fingerprint density at radius 1 is 1.11 bits per heavy atom. The molecule has 0 aliphatic heterocycles. The van der Waals surface area contributed by atoms with Crippen LogP contribution in [-0.2, 0) is 22.0 Å². The van der Waals surface area contributed by atoms with Crippen molar-refractivity contribution in [2.75, 3.05) is 7.11 Å². The summed E-state index contributed by atoms with van der Waals surface area (Å²) in [5, 5.41) is 2.73. The van der Waals surface area contributed by atoms with Crippen molar-refractivity contribution in [3.63, 3.8) is 0 Å². The smallest absolute Gasteiger partial charge is 0.244 e. The maximum absolute atomic E-state index is 12.9. The van der Waals surface area contributed by atoms with Crippen LogP contribution in [0.25, 0.3) is 10.6 Å². The molecule has 7 heteroatoms. The summed E-state index contributed by atoms with van der Waals surface area (Å²) in [6, 6.07) is 15.1. The number of nitrogens with zero attached hydrogens (tertiary/aromatic N) is 1. The number of aromatic nitrogens is 1. The summed E-state index contributed by atoms with van der Waals surface area (Å²) in [7, 11) is -2.28. The SMILES string of the molecule is COc1ccc(C(C)(C)C)cc1S(=O)(=O)NCc1csc(-c2ccccc2)n1. The van der Waals surface area contributed by atoms with E-state index >= 15 is 0 Å². The first kappa shape index (κ1) is 20.5. The number of ether oxygens (including phenoxy) is 1. The molecule has 0 spiro atoms. The standard InChI is InChI=1S/C21H24N2O3S2/c1-21(2,3)16-10-11-18(26-4)19(12-16)28(24,25)22-13-17-14-27-20(23-17)15-8-6-5-7-9-15/h5-12,14,22H,13H2,1-4H3. The average molecular weight is 417 g/mol. The molecule has 0 amide bonds. The summed E-state index contributed by atoms with van der Waals surface area (Å²) in [4.78, 5) is 4.68. The van der Waals surface area contributed by atoms with Gasteiger partial charge >= 0.3 is 0 Å². The Morgan fingerprint density at radius 3 is 2.46 bits per heavy atom. The molecule has 0 saturated heterocycles. The Bertz CT molecular complexity index is 1050. The molecule has 1 N–H and O–H groups in total. The Balaban J connectivity index is 1.82. The third kappa shape index (κ3) is 4.60. The molecule has 0 aliphatic carbocycles. The lowest BCUT2D eigenvalue weighted by atomic mass is 9.87. The molecule has 0 aliphatic rings. The van der Waals surface area contributed by atoms with Gasteiger partial charge in [-0.25, -0.2) is 18.1 Å². The maximum Gasteiger partial charge on any atom is 0.244 e. The van der Waals surface area contributed by atoms with Crippen LogP contribution in [0.5, 0.6) is 5.75 Å². The molecule has 0 radical (unpaired) electrons. The molecular weight excluding hydrogens is 392 g/mol. The van der Waals surface area contributed by atoms with Crippen LogP contribution in [-0.4, -0.2) is 20.5 Å². The van der Waals surface area contributed by atoms with Crippen LogP contribution in [0.2, 0.25) is 0 Å². The number of methoxy groups -OCH3 is 1. The van der Waals surface area contributed by atoms with Crippen molar-refractivity contribution in [1.29, 1.82) is 0 Å². The summed E-state index contributed by atoms with van der Waals surface area (Å²) in [5.74, 6) is 0.323. The molecule has 0 fully saturated rings. The Kier molecular flexibility index (Phi) is 5.88. The Labute approximate surface area is 170 Å². The van der Waals surface area contributed by atoms with Gasteiger partial charge in [0.15, 0.2) is 0 Å². The van der Waals surface area contributed by atoms with E-state index in [9.17, 15) is 8.42 Å². The van der Waals surface area contributed by atoms with Gasteiger partial charge in [-0.1, -0.05) is 57.2 Å². The summed E-state index contributed by atoms with van der Waals surface area (Å²) in [5.41, 5.74) is 2.45. The van der Waals surface area contributed by atoms with Gasteiger partial charge in [0, 0.05) is 10.9 Å². The molecule has 0 atom stereocenters. The molecule has 3 rings (SSSR count). The predicted molar refractivity (Wildman–Crippen MR) is 113 cm³/mol. The van der Waals surface area contributed by atoms with E-state index in [4.69, 9.17) is 4.74 Å². The lowest BCUT2D eigenvalue weighted by Gasteiger charge is -2.21. The molecule has 148 valence electrons. The van der Waals surface area contributed by atoms with Crippen LogP contribution >= 0.6 is 11.3 Å². The average Bonchev–Trinajstić information content (AvgIpc) is 3.15. The lowest BCUT2D eigenvalue weighted by Crippen LogP contribution is -2.24. The van der Waals surface area contributed by atoms with Crippen LogP contribution in [0.4, 0.5) is 0 Å². The Morgan fingerprint density at radius 2 is 1.82 bits per heavy atom. The summed E-state index contributed by atoms with van der Waals surface area (Å²) in [6.45, 7) is 6.24. The van der Waals surface area contributed by atoms with Crippen LogP contribution < -0.4 is 9.46 Å². The van der Waals surface area contributed by atoms with Crippen molar-refractivity contribution in [1.82, 2.24) is 9.71 Å². The largest absolute Gasteiger partial charge is 0.495 e. The topological polar surface area (TPSA) is 68.3 Å². The molecule has 1 aromatic heterocycles. The van der Waals surface area contributed by atoms with Gasteiger partial charge in [-0.3, -0.25) is 0 Å². The maximum atomic E-state index is 12.9. The molecule has 28 heavy (non-hydrogen) atoms. The number of sulfonamides is 1. The van der Waals surface area contributed by atoms with Gasteiger partial charge in [0.25, 0.3) is 0 Å². The molecular formula is C21H24N2O3S2. The molecule has 2 aromatic carbocycles. The van der Waals surface area contributed by atoms with Crippen molar-refractivity contribution in [3.8, 4) is 16.3 Å². The van der Waals surface area contributed by atoms with Gasteiger partial charge in [-0.05, 0) is 23.1 Å². The van der Waals surface area contributed by atoms with E-state index in [1.165, 1.54) is 18.4 Å². The fourth-order valence-electron chi connectivity index (χ4n) is 2.70. The number of thiazole rings is 1. The zero-order chi connectivity index (χ0) is 20.4. The van der Waals surface area contributed by atoms with Gasteiger partial charge < -0.3 is 4.74 Å². The minimum Gasteiger partial charge on any atom is -0.495 e. The first-order chi connectivity index (χ1) is 13.2. The molecule has 3 aromatic rings. The lowest BCUT2D eigenvalue weighted by molar-refractivity contribution is 0.401. The van der Waals surface area contributed by atoms with E-state index in [0.717, 1.165) is 16.1 Å². The molecule has 5 nitrogen and oxygen atoms in total. The highest BCUT2D eigenvalue weighted by molar-refractivity contribution is 7.89. The fraction of sp³-hybridized carbons (Fsp3) is 0.286. The van der Waals surface area contributed by atoms with Crippen molar-refractivity contribution >= 4 is 21.4 Å². The van der Waals surface area contributed by atoms with E-state index in [0.29, 0.717) is 11.4 Å². The summed E-state index contributed by atoms with van der Waals surface area (Å²) in [6.07, 6.45) is 0. The van der Waals surface area contributed by atoms with E-state index < -0.39 is 10.0 Å². The number of benzene rings is 2. The molecule has 0 bridgehead atoms. The highest BCUT2D eigenvalue weighted by atomic mass is 32.2. The zero-order valence-corrected chi connectivity index (χ0v) is 18.0. The van der Waals surface area contributed by atoms with Crippen LogP contribution in [0.15, 0.2) is 58.8 Å². The number of nitrogens with one attached hydrogen (secondary N) is 1. The minimum absolute atomic E-state index is 0.120. The highest BCUT2D eigenvalue weighted by Gasteiger charge is 2.23. The van der Waals surface area contributed by atoms with Crippen molar-refractivity contribution in [3.05, 3.63) is 65.2 Å². The molecule has 1 heterocycles. The number of rotatable bonds is 6. The van der Waals surface area contributed by atoms with Gasteiger partial charge in [0.2, 0.25) is 10.0 Å². The van der Waals surface area contributed by atoms with Gasteiger partial charge in [-0.15, -0.1) is 11.3 Å². The van der Waals surface area contributed by atoms with E-state index in [1.54, 1.807) is 12.1 Å². The van der Waals surface area contributed by atoms with Crippen LogP contribution in [0.1, 0.15) is 32.0 Å². The predicted octanol–water partition coefficient (Wildman–Crippen LogP) is 4.59. The van der Waals surface area contributed by atoms with E-state index in [1.807, 2.05) is 62.5 Å². The number of hydrogen-bond donors (Lipinski definition) is 1. The van der Waals surface area contributed by atoms with E-state index in [-0.39, 0.29) is 16.9 Å². The normalized spacial score (nSPS) is 12.1. The first-order valence-electron chi connectivity index (χ1n) is 8.89. The van der Waals surface area contributed by atoms with E-state index in [2.05, 4.69) is 9.71 Å².